The predicted octanol–water partition coefficient (Wildman–Crippen LogP) is 0.916. The molecule has 1 rings (SSSR count). The molecule has 1 heterocycles. The molecular formula is C12H24N2O2. The van der Waals surface area contributed by atoms with E-state index in [1.54, 1.807) is 0 Å². The number of methoxy groups -OCH3 is 1. The van der Waals surface area contributed by atoms with Gasteiger partial charge in [-0.1, -0.05) is 0 Å². The van der Waals surface area contributed by atoms with Gasteiger partial charge in [0.25, 0.3) is 0 Å². The minimum absolute atomic E-state index is 0.0814. The van der Waals surface area contributed by atoms with Crippen molar-refractivity contribution in [2.75, 3.05) is 20.2 Å². The smallest absolute Gasteiger partial charge is 0.305 e. The van der Waals surface area contributed by atoms with Gasteiger partial charge in [-0.15, -0.1) is 0 Å². The summed E-state index contributed by atoms with van der Waals surface area (Å²) in [6.45, 7) is 8.37. The van der Waals surface area contributed by atoms with E-state index in [1.807, 2.05) is 0 Å². The number of hydrogen-bond acceptors (Lipinski definition) is 4. The van der Waals surface area contributed by atoms with Crippen LogP contribution in [0.5, 0.6) is 0 Å². The normalized spacial score (nSPS) is 26.5. The molecule has 94 valence electrons. The van der Waals surface area contributed by atoms with Gasteiger partial charge in [-0.3, -0.25) is 4.79 Å². The van der Waals surface area contributed by atoms with E-state index in [4.69, 9.17) is 4.74 Å². The fourth-order valence-corrected chi connectivity index (χ4v) is 2.18. The molecule has 0 aliphatic carbocycles. The van der Waals surface area contributed by atoms with Crippen LogP contribution in [0.25, 0.3) is 0 Å². The van der Waals surface area contributed by atoms with Crippen LogP contribution < -0.4 is 10.6 Å². The molecule has 4 nitrogen and oxygen atoms in total. The summed E-state index contributed by atoms with van der Waals surface area (Å²) in [5, 5.41) is 6.93. The number of nitrogens with one attached hydrogen (secondary N) is 2. The minimum Gasteiger partial charge on any atom is -0.469 e. The zero-order chi connectivity index (χ0) is 12.2. The molecule has 4 heteroatoms. The first-order valence-corrected chi connectivity index (χ1v) is 5.97. The Morgan fingerprint density at radius 3 is 2.75 bits per heavy atom. The lowest BCUT2D eigenvalue weighted by atomic mass is 9.88. The number of hydrogen-bond donors (Lipinski definition) is 2. The SMILES string of the molecule is COC(=O)C[C@H]1CCNC[C@H]1NC(C)(C)C. The average molecular weight is 228 g/mol. The molecule has 1 aliphatic rings. The minimum atomic E-state index is -0.104. The van der Waals surface area contributed by atoms with Crippen LogP contribution in [-0.2, 0) is 9.53 Å². The van der Waals surface area contributed by atoms with Crippen LogP contribution in [-0.4, -0.2) is 37.7 Å². The predicted molar refractivity (Wildman–Crippen MR) is 64.3 cm³/mol. The quantitative estimate of drug-likeness (QED) is 0.705. The molecule has 1 fully saturated rings. The maximum atomic E-state index is 11.3. The topological polar surface area (TPSA) is 50.4 Å². The van der Waals surface area contributed by atoms with Crippen molar-refractivity contribution in [3.8, 4) is 0 Å². The first kappa shape index (κ1) is 13.5. The van der Waals surface area contributed by atoms with Crippen molar-refractivity contribution in [3.63, 3.8) is 0 Å². The summed E-state index contributed by atoms with van der Waals surface area (Å²) in [6, 6.07) is 0.354. The summed E-state index contributed by atoms with van der Waals surface area (Å²) in [6.07, 6.45) is 1.55. The highest BCUT2D eigenvalue weighted by Gasteiger charge is 2.29. The largest absolute Gasteiger partial charge is 0.469 e. The molecule has 0 aromatic rings. The van der Waals surface area contributed by atoms with E-state index in [1.165, 1.54) is 7.11 Å². The van der Waals surface area contributed by atoms with Crippen LogP contribution in [0.3, 0.4) is 0 Å². The third kappa shape index (κ3) is 4.49. The van der Waals surface area contributed by atoms with Gasteiger partial charge >= 0.3 is 5.97 Å². The summed E-state index contributed by atoms with van der Waals surface area (Å²) in [5.74, 6) is 0.278. The lowest BCUT2D eigenvalue weighted by Gasteiger charge is -2.37. The third-order valence-electron chi connectivity index (χ3n) is 2.90. The lowest BCUT2D eigenvalue weighted by molar-refractivity contribution is -0.142. The Morgan fingerprint density at radius 2 is 2.19 bits per heavy atom. The highest BCUT2D eigenvalue weighted by atomic mass is 16.5. The van der Waals surface area contributed by atoms with Crippen LogP contribution in [0.2, 0.25) is 0 Å². The van der Waals surface area contributed by atoms with Gasteiger partial charge in [0.15, 0.2) is 0 Å². The Bertz CT molecular complexity index is 236. The van der Waals surface area contributed by atoms with Gasteiger partial charge in [-0.05, 0) is 39.7 Å². The van der Waals surface area contributed by atoms with Gasteiger partial charge in [-0.25, -0.2) is 0 Å². The molecule has 0 aromatic heterocycles. The zero-order valence-corrected chi connectivity index (χ0v) is 10.8. The van der Waals surface area contributed by atoms with Gasteiger partial charge in [0.1, 0.15) is 0 Å². The molecular weight excluding hydrogens is 204 g/mol. The van der Waals surface area contributed by atoms with E-state index in [0.29, 0.717) is 18.4 Å². The van der Waals surface area contributed by atoms with Gasteiger partial charge in [0.2, 0.25) is 0 Å². The van der Waals surface area contributed by atoms with Crippen molar-refractivity contribution in [1.29, 1.82) is 0 Å². The van der Waals surface area contributed by atoms with E-state index in [0.717, 1.165) is 19.5 Å². The fourth-order valence-electron chi connectivity index (χ4n) is 2.18. The Labute approximate surface area is 98.1 Å². The monoisotopic (exact) mass is 228 g/mol. The van der Waals surface area contributed by atoms with Gasteiger partial charge < -0.3 is 15.4 Å². The van der Waals surface area contributed by atoms with Gasteiger partial charge in [0.05, 0.1) is 7.11 Å². The molecule has 0 amide bonds. The maximum absolute atomic E-state index is 11.3. The van der Waals surface area contributed by atoms with Crippen LogP contribution in [0, 0.1) is 5.92 Å². The Morgan fingerprint density at radius 1 is 1.50 bits per heavy atom. The molecule has 1 saturated heterocycles. The fraction of sp³-hybridized carbons (Fsp3) is 0.917. The van der Waals surface area contributed by atoms with E-state index < -0.39 is 0 Å². The second-order valence-corrected chi connectivity index (χ2v) is 5.53. The molecule has 2 N–H and O–H groups in total. The molecule has 2 atom stereocenters. The Balaban J connectivity index is 2.53. The molecule has 0 bridgehead atoms. The second kappa shape index (κ2) is 5.64. The zero-order valence-electron chi connectivity index (χ0n) is 10.8. The molecule has 0 radical (unpaired) electrons. The third-order valence-corrected chi connectivity index (χ3v) is 2.90. The van der Waals surface area contributed by atoms with Crippen LogP contribution in [0.15, 0.2) is 0 Å². The van der Waals surface area contributed by atoms with Crippen molar-refractivity contribution in [3.05, 3.63) is 0 Å². The standard InChI is InChI=1S/C12H24N2O2/c1-12(2,3)14-10-8-13-6-5-9(10)7-11(15)16-4/h9-10,13-14H,5-8H2,1-4H3/t9-,10-/m1/s1. The summed E-state index contributed by atoms with van der Waals surface area (Å²) in [4.78, 5) is 11.3. The molecule has 0 saturated carbocycles. The van der Waals surface area contributed by atoms with Gasteiger partial charge in [-0.2, -0.15) is 0 Å². The first-order chi connectivity index (χ1) is 7.42. The highest BCUT2D eigenvalue weighted by Crippen LogP contribution is 2.19. The maximum Gasteiger partial charge on any atom is 0.305 e. The molecule has 16 heavy (non-hydrogen) atoms. The van der Waals surface area contributed by atoms with Crippen LogP contribution in [0.4, 0.5) is 0 Å². The highest BCUT2D eigenvalue weighted by molar-refractivity contribution is 5.69. The van der Waals surface area contributed by atoms with Crippen LogP contribution >= 0.6 is 0 Å². The van der Waals surface area contributed by atoms with Crippen molar-refractivity contribution >= 4 is 5.97 Å². The van der Waals surface area contributed by atoms with Crippen molar-refractivity contribution < 1.29 is 9.53 Å². The number of carbonyl (C=O) groups excluding carboxylic acids is 1. The van der Waals surface area contributed by atoms with E-state index in [2.05, 4.69) is 31.4 Å². The van der Waals surface area contributed by atoms with Crippen LogP contribution in [0.1, 0.15) is 33.6 Å². The summed E-state index contributed by atoms with van der Waals surface area (Å²) >= 11 is 0. The number of piperidine rings is 1. The second-order valence-electron chi connectivity index (χ2n) is 5.53. The molecule has 1 aliphatic heterocycles. The molecule has 0 aromatic carbocycles. The number of rotatable bonds is 3. The number of esters is 1. The summed E-state index contributed by atoms with van der Waals surface area (Å²) in [7, 11) is 1.45. The first-order valence-electron chi connectivity index (χ1n) is 5.97. The summed E-state index contributed by atoms with van der Waals surface area (Å²) in [5.41, 5.74) is 0.0814. The molecule has 0 spiro atoms. The average Bonchev–Trinajstić information content (AvgIpc) is 2.18. The number of carbonyl (C=O) groups is 1. The number of ether oxygens (including phenoxy) is 1. The molecule has 0 unspecified atom stereocenters. The van der Waals surface area contributed by atoms with Crippen molar-refractivity contribution in [2.24, 2.45) is 5.92 Å². The van der Waals surface area contributed by atoms with E-state index in [9.17, 15) is 4.79 Å². The van der Waals surface area contributed by atoms with Gasteiger partial charge in [0, 0.05) is 24.5 Å². The van der Waals surface area contributed by atoms with Crippen molar-refractivity contribution in [2.45, 2.75) is 45.2 Å². The summed E-state index contributed by atoms with van der Waals surface area (Å²) < 4.78 is 4.74. The lowest BCUT2D eigenvalue weighted by Crippen LogP contribution is -2.55. The van der Waals surface area contributed by atoms with Crippen molar-refractivity contribution in [1.82, 2.24) is 10.6 Å². The Kier molecular flexibility index (Phi) is 4.74. The van der Waals surface area contributed by atoms with E-state index in [-0.39, 0.29) is 11.5 Å². The van der Waals surface area contributed by atoms with E-state index >= 15 is 0 Å². The Hall–Kier alpha value is -0.610.